The van der Waals surface area contributed by atoms with Crippen LogP contribution in [0.5, 0.6) is 0 Å². The molecule has 0 N–H and O–H groups in total. The van der Waals surface area contributed by atoms with Crippen LogP contribution in [0.15, 0.2) is 30.3 Å². The molecule has 2 fully saturated rings. The molecule has 1 heterocycles. The van der Waals surface area contributed by atoms with Crippen molar-refractivity contribution in [3.63, 3.8) is 0 Å². The molecule has 1 aromatic rings. The van der Waals surface area contributed by atoms with Crippen molar-refractivity contribution in [3.8, 4) is 0 Å². The predicted molar refractivity (Wildman–Crippen MR) is 81.9 cm³/mol. The first kappa shape index (κ1) is 15.0. The van der Waals surface area contributed by atoms with Crippen LogP contribution in [-0.2, 0) is 20.8 Å². The van der Waals surface area contributed by atoms with E-state index in [1.807, 2.05) is 19.9 Å². The van der Waals surface area contributed by atoms with E-state index in [1.165, 1.54) is 18.4 Å². The summed E-state index contributed by atoms with van der Waals surface area (Å²) in [5.74, 6) is 0.253. The lowest BCUT2D eigenvalue weighted by Crippen LogP contribution is -2.39. The van der Waals surface area contributed by atoms with Gasteiger partial charge in [-0.15, -0.1) is 0 Å². The van der Waals surface area contributed by atoms with E-state index in [2.05, 4.69) is 24.3 Å². The van der Waals surface area contributed by atoms with Crippen molar-refractivity contribution in [2.24, 2.45) is 5.92 Å². The monoisotopic (exact) mass is 290 g/mol. The molecule has 116 valence electrons. The van der Waals surface area contributed by atoms with Gasteiger partial charge in [-0.05, 0) is 51.0 Å². The normalized spacial score (nSPS) is 31.6. The molecule has 2 aliphatic rings. The molecule has 3 heteroatoms. The van der Waals surface area contributed by atoms with E-state index in [1.54, 1.807) is 0 Å². The van der Waals surface area contributed by atoms with Gasteiger partial charge in [-0.1, -0.05) is 30.3 Å². The molecule has 0 amide bonds. The van der Waals surface area contributed by atoms with Gasteiger partial charge < -0.3 is 14.2 Å². The summed E-state index contributed by atoms with van der Waals surface area (Å²) in [5, 5.41) is 0. The zero-order valence-corrected chi connectivity index (χ0v) is 13.1. The van der Waals surface area contributed by atoms with Crippen LogP contribution in [-0.4, -0.2) is 24.6 Å². The smallest absolute Gasteiger partial charge is 0.163 e. The maximum absolute atomic E-state index is 6.14. The highest BCUT2D eigenvalue weighted by atomic mass is 16.8. The fourth-order valence-electron chi connectivity index (χ4n) is 3.42. The molecule has 0 radical (unpaired) electrons. The van der Waals surface area contributed by atoms with Gasteiger partial charge in [0.25, 0.3) is 0 Å². The van der Waals surface area contributed by atoms with Crippen LogP contribution >= 0.6 is 0 Å². The first-order valence-electron chi connectivity index (χ1n) is 8.03. The first-order chi connectivity index (χ1) is 10.1. The van der Waals surface area contributed by atoms with E-state index in [9.17, 15) is 0 Å². The molecule has 0 unspecified atom stereocenters. The largest absolute Gasteiger partial charge is 0.376 e. The van der Waals surface area contributed by atoms with Gasteiger partial charge in [0, 0.05) is 6.61 Å². The Balaban J connectivity index is 1.40. The van der Waals surface area contributed by atoms with Crippen molar-refractivity contribution in [1.82, 2.24) is 0 Å². The highest BCUT2D eigenvalue weighted by Gasteiger charge is 2.47. The van der Waals surface area contributed by atoms with Crippen molar-refractivity contribution in [1.29, 1.82) is 0 Å². The number of hydrogen-bond donors (Lipinski definition) is 0. The standard InChI is InChI=1S/C18H26O3/c1-17(2)20-14-18(21-17)10-8-16(9-11-18)13-19-12-15-6-4-3-5-7-15/h3-7,16H,8-14H2,1-2H3. The van der Waals surface area contributed by atoms with Gasteiger partial charge in [0.15, 0.2) is 5.79 Å². The molecule has 1 saturated heterocycles. The van der Waals surface area contributed by atoms with Crippen LogP contribution in [0.2, 0.25) is 0 Å². The minimum absolute atomic E-state index is 0.0283. The average Bonchev–Trinajstić information content (AvgIpc) is 2.78. The molecular formula is C18H26O3. The van der Waals surface area contributed by atoms with Crippen LogP contribution in [0.25, 0.3) is 0 Å². The number of hydrogen-bond acceptors (Lipinski definition) is 3. The third kappa shape index (κ3) is 3.85. The second-order valence-corrected chi connectivity index (χ2v) is 6.92. The Morgan fingerprint density at radius 1 is 1.14 bits per heavy atom. The highest BCUT2D eigenvalue weighted by Crippen LogP contribution is 2.42. The molecule has 1 aromatic carbocycles. The maximum atomic E-state index is 6.14. The van der Waals surface area contributed by atoms with Gasteiger partial charge in [-0.3, -0.25) is 0 Å². The molecule has 0 bridgehead atoms. The summed E-state index contributed by atoms with van der Waals surface area (Å²) in [6.07, 6.45) is 4.54. The summed E-state index contributed by atoms with van der Waals surface area (Å²) >= 11 is 0. The second kappa shape index (κ2) is 6.07. The third-order valence-corrected chi connectivity index (χ3v) is 4.63. The SMILES string of the molecule is CC1(C)OCC2(CCC(COCc3ccccc3)CC2)O1. The number of benzene rings is 1. The number of rotatable bonds is 4. The molecule has 0 aromatic heterocycles. The Labute approximate surface area is 127 Å². The molecule has 1 aliphatic carbocycles. The zero-order valence-electron chi connectivity index (χ0n) is 13.1. The Morgan fingerprint density at radius 2 is 1.86 bits per heavy atom. The lowest BCUT2D eigenvalue weighted by molar-refractivity contribution is -0.170. The van der Waals surface area contributed by atoms with Crippen LogP contribution in [0.4, 0.5) is 0 Å². The Bertz CT molecular complexity index is 447. The van der Waals surface area contributed by atoms with E-state index in [0.717, 1.165) is 32.7 Å². The summed E-state index contributed by atoms with van der Waals surface area (Å²) in [6.45, 7) is 6.34. The topological polar surface area (TPSA) is 27.7 Å². The maximum Gasteiger partial charge on any atom is 0.163 e. The molecule has 1 spiro atoms. The molecule has 1 saturated carbocycles. The third-order valence-electron chi connectivity index (χ3n) is 4.63. The van der Waals surface area contributed by atoms with Crippen LogP contribution in [0, 0.1) is 5.92 Å². The van der Waals surface area contributed by atoms with E-state index in [4.69, 9.17) is 14.2 Å². The van der Waals surface area contributed by atoms with Gasteiger partial charge in [0.1, 0.15) is 0 Å². The molecule has 1 aliphatic heterocycles. The van der Waals surface area contributed by atoms with Crippen molar-refractivity contribution in [2.75, 3.05) is 13.2 Å². The van der Waals surface area contributed by atoms with E-state index in [0.29, 0.717) is 5.92 Å². The Kier molecular flexibility index (Phi) is 4.34. The van der Waals surface area contributed by atoms with E-state index < -0.39 is 5.79 Å². The summed E-state index contributed by atoms with van der Waals surface area (Å²) < 4.78 is 17.8. The minimum atomic E-state index is -0.406. The predicted octanol–water partition coefficient (Wildman–Crippen LogP) is 3.92. The van der Waals surface area contributed by atoms with Crippen LogP contribution in [0.1, 0.15) is 45.1 Å². The molecule has 21 heavy (non-hydrogen) atoms. The minimum Gasteiger partial charge on any atom is -0.376 e. The lowest BCUT2D eigenvalue weighted by Gasteiger charge is -2.36. The fraction of sp³-hybridized carbons (Fsp3) is 0.667. The average molecular weight is 290 g/mol. The zero-order chi connectivity index (χ0) is 14.8. The molecule has 3 nitrogen and oxygen atoms in total. The van der Waals surface area contributed by atoms with Gasteiger partial charge in [-0.25, -0.2) is 0 Å². The summed E-state index contributed by atoms with van der Waals surface area (Å²) in [4.78, 5) is 0. The highest BCUT2D eigenvalue weighted by molar-refractivity contribution is 5.13. The molecular weight excluding hydrogens is 264 g/mol. The second-order valence-electron chi connectivity index (χ2n) is 6.92. The molecule has 0 atom stereocenters. The van der Waals surface area contributed by atoms with Crippen LogP contribution < -0.4 is 0 Å². The van der Waals surface area contributed by atoms with E-state index >= 15 is 0 Å². The van der Waals surface area contributed by atoms with Gasteiger partial charge >= 0.3 is 0 Å². The Morgan fingerprint density at radius 3 is 2.48 bits per heavy atom. The van der Waals surface area contributed by atoms with E-state index in [-0.39, 0.29) is 5.60 Å². The van der Waals surface area contributed by atoms with Crippen molar-refractivity contribution in [3.05, 3.63) is 35.9 Å². The first-order valence-corrected chi connectivity index (χ1v) is 8.03. The van der Waals surface area contributed by atoms with Gasteiger partial charge in [-0.2, -0.15) is 0 Å². The van der Waals surface area contributed by atoms with Crippen molar-refractivity contribution < 1.29 is 14.2 Å². The fourth-order valence-corrected chi connectivity index (χ4v) is 3.42. The van der Waals surface area contributed by atoms with Gasteiger partial charge in [0.05, 0.1) is 18.8 Å². The van der Waals surface area contributed by atoms with Gasteiger partial charge in [0.2, 0.25) is 0 Å². The van der Waals surface area contributed by atoms with Crippen molar-refractivity contribution in [2.45, 2.75) is 57.5 Å². The summed E-state index contributed by atoms with van der Waals surface area (Å²) in [5.41, 5.74) is 1.22. The van der Waals surface area contributed by atoms with Crippen molar-refractivity contribution >= 4 is 0 Å². The van der Waals surface area contributed by atoms with Crippen LogP contribution in [0.3, 0.4) is 0 Å². The Hall–Kier alpha value is -0.900. The number of ether oxygens (including phenoxy) is 3. The summed E-state index contributed by atoms with van der Waals surface area (Å²) in [7, 11) is 0. The quantitative estimate of drug-likeness (QED) is 0.841. The molecule has 3 rings (SSSR count). The lowest BCUT2D eigenvalue weighted by atomic mass is 9.79. The summed E-state index contributed by atoms with van der Waals surface area (Å²) in [6, 6.07) is 10.4.